The van der Waals surface area contributed by atoms with E-state index in [1.165, 1.54) is 28.1 Å². The number of benzene rings is 1. The quantitative estimate of drug-likeness (QED) is 0.791. The Bertz CT molecular complexity index is 552. The highest BCUT2D eigenvalue weighted by Gasteiger charge is 2.13. The Morgan fingerprint density at radius 2 is 1.94 bits per heavy atom. The summed E-state index contributed by atoms with van der Waals surface area (Å²) in [6.45, 7) is 7.48. The molecule has 1 aliphatic rings. The summed E-state index contributed by atoms with van der Waals surface area (Å²) in [4.78, 5) is 0. The molecule has 0 radical (unpaired) electrons. The summed E-state index contributed by atoms with van der Waals surface area (Å²) in [6, 6.07) is 11.2. The molecular formula is C15H18N2. The van der Waals surface area contributed by atoms with Crippen molar-refractivity contribution in [1.29, 1.82) is 0 Å². The van der Waals surface area contributed by atoms with Crippen molar-refractivity contribution >= 4 is 0 Å². The molecule has 0 bridgehead atoms. The first-order valence-electron chi connectivity index (χ1n) is 6.22. The molecule has 17 heavy (non-hydrogen) atoms. The Hall–Kier alpha value is -1.54. The van der Waals surface area contributed by atoms with Crippen molar-refractivity contribution < 1.29 is 0 Å². The van der Waals surface area contributed by atoms with Gasteiger partial charge in [-0.25, -0.2) is 0 Å². The minimum atomic E-state index is 0.991. The van der Waals surface area contributed by atoms with Gasteiger partial charge in [-0.2, -0.15) is 0 Å². The molecule has 2 heterocycles. The smallest absolute Gasteiger partial charge is 0.0483 e. The Balaban J connectivity index is 2.09. The molecule has 0 atom stereocenters. The Labute approximate surface area is 102 Å². The van der Waals surface area contributed by atoms with Crippen molar-refractivity contribution in [1.82, 2.24) is 9.88 Å². The van der Waals surface area contributed by atoms with Gasteiger partial charge in [0.05, 0.1) is 0 Å². The van der Waals surface area contributed by atoms with Crippen LogP contribution in [0, 0.1) is 13.8 Å². The first kappa shape index (κ1) is 10.6. The summed E-state index contributed by atoms with van der Waals surface area (Å²) in [6.07, 6.45) is 0. The van der Waals surface area contributed by atoms with Crippen molar-refractivity contribution in [2.45, 2.75) is 26.9 Å². The van der Waals surface area contributed by atoms with Gasteiger partial charge in [-0.1, -0.05) is 12.1 Å². The number of hydrogen-bond acceptors (Lipinski definition) is 1. The number of nitrogens with one attached hydrogen (secondary N) is 1. The van der Waals surface area contributed by atoms with Gasteiger partial charge in [0, 0.05) is 31.0 Å². The lowest BCUT2D eigenvalue weighted by Gasteiger charge is -2.19. The number of hydrogen-bond donors (Lipinski definition) is 1. The summed E-state index contributed by atoms with van der Waals surface area (Å²) >= 11 is 0. The topological polar surface area (TPSA) is 17.0 Å². The maximum absolute atomic E-state index is 3.41. The second-order valence-electron chi connectivity index (χ2n) is 4.84. The van der Waals surface area contributed by atoms with Crippen molar-refractivity contribution in [2.75, 3.05) is 6.54 Å². The minimum absolute atomic E-state index is 0.991. The minimum Gasteiger partial charge on any atom is -0.342 e. The zero-order chi connectivity index (χ0) is 11.8. The van der Waals surface area contributed by atoms with Crippen LogP contribution in [-0.4, -0.2) is 11.1 Å². The molecule has 0 spiro atoms. The van der Waals surface area contributed by atoms with Crippen LogP contribution in [0.1, 0.15) is 16.8 Å². The van der Waals surface area contributed by atoms with E-state index in [4.69, 9.17) is 0 Å². The van der Waals surface area contributed by atoms with Crippen molar-refractivity contribution in [2.24, 2.45) is 0 Å². The molecule has 2 nitrogen and oxygen atoms in total. The summed E-state index contributed by atoms with van der Waals surface area (Å²) in [5.74, 6) is 0. The standard InChI is InChI=1S/C15H18N2/c1-11-3-4-13(9-12(11)2)15-6-5-14-10-16-7-8-17(14)15/h3-6,9,16H,7-8,10H2,1-2H3. The van der Waals surface area contributed by atoms with E-state index in [0.29, 0.717) is 0 Å². The molecule has 3 rings (SSSR count). The third-order valence-corrected chi connectivity index (χ3v) is 3.69. The molecule has 1 aromatic heterocycles. The van der Waals surface area contributed by atoms with Gasteiger partial charge in [0.15, 0.2) is 0 Å². The van der Waals surface area contributed by atoms with Crippen LogP contribution in [0.15, 0.2) is 30.3 Å². The van der Waals surface area contributed by atoms with Crippen LogP contribution in [-0.2, 0) is 13.1 Å². The third-order valence-electron chi connectivity index (χ3n) is 3.69. The van der Waals surface area contributed by atoms with Crippen LogP contribution in [0.4, 0.5) is 0 Å². The van der Waals surface area contributed by atoms with Gasteiger partial charge < -0.3 is 9.88 Å². The number of rotatable bonds is 1. The van der Waals surface area contributed by atoms with E-state index in [1.807, 2.05) is 0 Å². The zero-order valence-electron chi connectivity index (χ0n) is 10.5. The van der Waals surface area contributed by atoms with Crippen LogP contribution in [0.2, 0.25) is 0 Å². The predicted molar refractivity (Wildman–Crippen MR) is 71.0 cm³/mol. The van der Waals surface area contributed by atoms with Gasteiger partial charge in [0.2, 0.25) is 0 Å². The van der Waals surface area contributed by atoms with E-state index in [1.54, 1.807) is 0 Å². The molecule has 0 unspecified atom stereocenters. The lowest BCUT2D eigenvalue weighted by atomic mass is 10.0. The van der Waals surface area contributed by atoms with Gasteiger partial charge in [-0.05, 0) is 48.7 Å². The van der Waals surface area contributed by atoms with Gasteiger partial charge in [-0.15, -0.1) is 0 Å². The highest BCUT2D eigenvalue weighted by Crippen LogP contribution is 2.25. The number of fused-ring (bicyclic) bond motifs is 1. The van der Waals surface area contributed by atoms with E-state index >= 15 is 0 Å². The second kappa shape index (κ2) is 4.04. The van der Waals surface area contributed by atoms with Crippen molar-refractivity contribution in [3.63, 3.8) is 0 Å². The third kappa shape index (κ3) is 1.79. The summed E-state index contributed by atoms with van der Waals surface area (Å²) in [5, 5.41) is 3.41. The number of aryl methyl sites for hydroxylation is 2. The average Bonchev–Trinajstić information content (AvgIpc) is 2.76. The average molecular weight is 226 g/mol. The lowest BCUT2D eigenvalue weighted by Crippen LogP contribution is -2.27. The normalized spacial score (nSPS) is 14.7. The molecule has 1 aliphatic heterocycles. The van der Waals surface area contributed by atoms with Crippen LogP contribution >= 0.6 is 0 Å². The molecular weight excluding hydrogens is 208 g/mol. The molecule has 0 amide bonds. The molecule has 0 aliphatic carbocycles. The Morgan fingerprint density at radius 3 is 2.76 bits per heavy atom. The monoisotopic (exact) mass is 226 g/mol. The molecule has 88 valence electrons. The molecule has 1 aromatic carbocycles. The summed E-state index contributed by atoms with van der Waals surface area (Å²) < 4.78 is 2.43. The highest BCUT2D eigenvalue weighted by atomic mass is 15.1. The Kier molecular flexibility index (Phi) is 2.52. The fourth-order valence-electron chi connectivity index (χ4n) is 2.49. The summed E-state index contributed by atoms with van der Waals surface area (Å²) in [7, 11) is 0. The van der Waals surface area contributed by atoms with Gasteiger partial charge in [0.25, 0.3) is 0 Å². The molecule has 0 saturated carbocycles. The van der Waals surface area contributed by atoms with Crippen LogP contribution in [0.3, 0.4) is 0 Å². The van der Waals surface area contributed by atoms with Crippen LogP contribution in [0.25, 0.3) is 11.3 Å². The van der Waals surface area contributed by atoms with Crippen LogP contribution in [0.5, 0.6) is 0 Å². The lowest BCUT2D eigenvalue weighted by molar-refractivity contribution is 0.520. The van der Waals surface area contributed by atoms with Crippen LogP contribution < -0.4 is 5.32 Å². The number of aromatic nitrogens is 1. The Morgan fingerprint density at radius 1 is 1.06 bits per heavy atom. The first-order valence-corrected chi connectivity index (χ1v) is 6.22. The summed E-state index contributed by atoms with van der Waals surface area (Å²) in [5.41, 5.74) is 6.81. The molecule has 2 aromatic rings. The van der Waals surface area contributed by atoms with E-state index < -0.39 is 0 Å². The van der Waals surface area contributed by atoms with E-state index in [0.717, 1.165) is 19.6 Å². The highest BCUT2D eigenvalue weighted by molar-refractivity contribution is 5.62. The predicted octanol–water partition coefficient (Wildman–Crippen LogP) is 2.88. The van der Waals surface area contributed by atoms with E-state index in [2.05, 4.69) is 54.1 Å². The van der Waals surface area contributed by atoms with E-state index in [-0.39, 0.29) is 0 Å². The van der Waals surface area contributed by atoms with Gasteiger partial charge >= 0.3 is 0 Å². The second-order valence-corrected chi connectivity index (χ2v) is 4.84. The molecule has 0 saturated heterocycles. The van der Waals surface area contributed by atoms with Crippen molar-refractivity contribution in [3.8, 4) is 11.3 Å². The van der Waals surface area contributed by atoms with E-state index in [9.17, 15) is 0 Å². The maximum Gasteiger partial charge on any atom is 0.0483 e. The molecule has 2 heteroatoms. The van der Waals surface area contributed by atoms with Gasteiger partial charge in [0.1, 0.15) is 0 Å². The molecule has 0 fully saturated rings. The fraction of sp³-hybridized carbons (Fsp3) is 0.333. The first-order chi connectivity index (χ1) is 8.25. The zero-order valence-corrected chi connectivity index (χ0v) is 10.5. The van der Waals surface area contributed by atoms with Crippen molar-refractivity contribution in [3.05, 3.63) is 47.2 Å². The number of nitrogens with zero attached hydrogens (tertiary/aromatic N) is 1. The largest absolute Gasteiger partial charge is 0.342 e. The molecule has 1 N–H and O–H groups in total. The SMILES string of the molecule is Cc1ccc(-c2ccc3n2CCNC3)cc1C. The maximum atomic E-state index is 3.41. The van der Waals surface area contributed by atoms with Gasteiger partial charge in [-0.3, -0.25) is 0 Å². The fourth-order valence-corrected chi connectivity index (χ4v) is 2.49.